The Morgan fingerprint density at radius 1 is 1.21 bits per heavy atom. The summed E-state index contributed by atoms with van der Waals surface area (Å²) in [6.07, 6.45) is 5.12. The summed E-state index contributed by atoms with van der Waals surface area (Å²) in [4.78, 5) is 19.2. The van der Waals surface area contributed by atoms with E-state index in [2.05, 4.69) is 15.2 Å². The van der Waals surface area contributed by atoms with Crippen LogP contribution in [-0.2, 0) is 0 Å². The van der Waals surface area contributed by atoms with Crippen molar-refractivity contribution >= 4 is 5.91 Å². The van der Waals surface area contributed by atoms with E-state index in [0.717, 1.165) is 37.2 Å². The average Bonchev–Trinajstić information content (AvgIpc) is 3.31. The number of carbonyl (C=O) groups excluding carboxylic acids is 1. The van der Waals surface area contributed by atoms with E-state index >= 15 is 0 Å². The quantitative estimate of drug-likeness (QED) is 0.830. The summed E-state index contributed by atoms with van der Waals surface area (Å²) in [6, 6.07) is 11.1. The van der Waals surface area contributed by atoms with Gasteiger partial charge in [0, 0.05) is 18.8 Å². The van der Waals surface area contributed by atoms with Crippen LogP contribution in [0.1, 0.15) is 35.2 Å². The van der Waals surface area contributed by atoms with Gasteiger partial charge in [0.15, 0.2) is 0 Å². The molecule has 1 aliphatic carbocycles. The standard InChI is InChI=1S/C22H27N3O3/c1-15-11-16(14-23-13-15)22(27)24-18-12-19(28-17-7-3-2-4-8-17)21(26)20(18)25-9-5-6-10-25/h2-4,7-8,11,13-14,18-21,26H,5-6,9-10,12H2,1H3,(H,24,27)/t18-,19-,20+,21+/m1/s1. The van der Waals surface area contributed by atoms with Gasteiger partial charge in [0.25, 0.3) is 5.91 Å². The molecule has 1 saturated heterocycles. The minimum atomic E-state index is -0.653. The fourth-order valence-electron chi connectivity index (χ4n) is 4.36. The summed E-state index contributed by atoms with van der Waals surface area (Å²) >= 11 is 0. The van der Waals surface area contributed by atoms with Crippen LogP contribution in [0.4, 0.5) is 0 Å². The molecular formula is C22H27N3O3. The molecule has 6 nitrogen and oxygen atoms in total. The lowest BCUT2D eigenvalue weighted by Gasteiger charge is -2.32. The summed E-state index contributed by atoms with van der Waals surface area (Å²) in [6.45, 7) is 3.80. The predicted molar refractivity (Wildman–Crippen MR) is 106 cm³/mol. The molecule has 2 N–H and O–H groups in total. The summed E-state index contributed by atoms with van der Waals surface area (Å²) < 4.78 is 6.07. The Balaban J connectivity index is 1.52. The molecule has 2 heterocycles. The third-order valence-corrected chi connectivity index (χ3v) is 5.68. The third kappa shape index (κ3) is 4.03. The van der Waals surface area contributed by atoms with Crippen molar-refractivity contribution in [1.29, 1.82) is 0 Å². The molecule has 4 rings (SSSR count). The highest BCUT2D eigenvalue weighted by atomic mass is 16.5. The first-order chi connectivity index (χ1) is 13.6. The number of carbonyl (C=O) groups is 1. The zero-order valence-electron chi connectivity index (χ0n) is 16.1. The smallest absolute Gasteiger partial charge is 0.253 e. The number of aliphatic hydroxyl groups is 1. The van der Waals surface area contributed by atoms with Gasteiger partial charge in [-0.25, -0.2) is 0 Å². The van der Waals surface area contributed by atoms with E-state index in [1.807, 2.05) is 43.3 Å². The first-order valence-electron chi connectivity index (χ1n) is 9.98. The number of likely N-dealkylation sites (tertiary alicyclic amines) is 1. The SMILES string of the molecule is Cc1cncc(C(=O)N[C@@H]2C[C@@H](Oc3ccccc3)[C@H](O)[C@H]2N2CCCC2)c1. The van der Waals surface area contributed by atoms with Crippen molar-refractivity contribution in [2.75, 3.05) is 13.1 Å². The van der Waals surface area contributed by atoms with E-state index in [0.29, 0.717) is 12.0 Å². The first-order valence-corrected chi connectivity index (χ1v) is 9.98. The molecule has 1 aromatic heterocycles. The van der Waals surface area contributed by atoms with Gasteiger partial charge in [-0.3, -0.25) is 14.7 Å². The number of nitrogens with one attached hydrogen (secondary N) is 1. The predicted octanol–water partition coefficient (Wildman–Crippen LogP) is 2.17. The van der Waals surface area contributed by atoms with Crippen LogP contribution in [0.5, 0.6) is 5.75 Å². The van der Waals surface area contributed by atoms with Crippen molar-refractivity contribution < 1.29 is 14.6 Å². The monoisotopic (exact) mass is 381 g/mol. The van der Waals surface area contributed by atoms with Gasteiger partial charge < -0.3 is 15.2 Å². The normalized spacial score (nSPS) is 27.6. The second-order valence-electron chi connectivity index (χ2n) is 7.76. The lowest BCUT2D eigenvalue weighted by atomic mass is 10.1. The van der Waals surface area contributed by atoms with Gasteiger partial charge in [0.2, 0.25) is 0 Å². The van der Waals surface area contributed by atoms with E-state index in [-0.39, 0.29) is 24.1 Å². The number of aryl methyl sites for hydroxylation is 1. The Labute approximate surface area is 165 Å². The van der Waals surface area contributed by atoms with Gasteiger partial charge in [-0.15, -0.1) is 0 Å². The molecule has 2 aliphatic rings. The van der Waals surface area contributed by atoms with Crippen molar-refractivity contribution in [3.63, 3.8) is 0 Å². The number of amides is 1. The number of ether oxygens (including phenoxy) is 1. The number of pyridine rings is 1. The van der Waals surface area contributed by atoms with Crippen LogP contribution < -0.4 is 10.1 Å². The first kappa shape index (κ1) is 18.9. The molecule has 4 atom stereocenters. The summed E-state index contributed by atoms with van der Waals surface area (Å²) in [5, 5.41) is 14.2. The van der Waals surface area contributed by atoms with Crippen molar-refractivity contribution in [1.82, 2.24) is 15.2 Å². The lowest BCUT2D eigenvalue weighted by Crippen LogP contribution is -2.52. The van der Waals surface area contributed by atoms with Crippen molar-refractivity contribution in [3.05, 3.63) is 59.9 Å². The fraction of sp³-hybridized carbons (Fsp3) is 0.455. The second-order valence-corrected chi connectivity index (χ2v) is 7.76. The van der Waals surface area contributed by atoms with Gasteiger partial charge in [-0.05, 0) is 56.6 Å². The molecule has 0 unspecified atom stereocenters. The topological polar surface area (TPSA) is 74.7 Å². The van der Waals surface area contributed by atoms with Crippen LogP contribution in [0.15, 0.2) is 48.8 Å². The van der Waals surface area contributed by atoms with Gasteiger partial charge in [0.05, 0.1) is 17.6 Å². The van der Waals surface area contributed by atoms with E-state index in [1.54, 1.807) is 12.4 Å². The lowest BCUT2D eigenvalue weighted by molar-refractivity contribution is 0.0139. The number of para-hydroxylation sites is 1. The second kappa shape index (κ2) is 8.29. The molecule has 1 aliphatic heterocycles. The maximum atomic E-state index is 12.8. The van der Waals surface area contributed by atoms with E-state index in [4.69, 9.17) is 4.74 Å². The number of hydrogen-bond donors (Lipinski definition) is 2. The maximum Gasteiger partial charge on any atom is 0.253 e. The van der Waals surface area contributed by atoms with Gasteiger partial charge in [-0.1, -0.05) is 18.2 Å². The summed E-state index contributed by atoms with van der Waals surface area (Å²) in [5.74, 6) is 0.583. The molecule has 1 aromatic carbocycles. The number of aliphatic hydroxyl groups excluding tert-OH is 1. The van der Waals surface area contributed by atoms with Gasteiger partial charge >= 0.3 is 0 Å². The minimum absolute atomic E-state index is 0.141. The highest BCUT2D eigenvalue weighted by molar-refractivity contribution is 5.94. The van der Waals surface area contributed by atoms with Crippen LogP contribution in [0.2, 0.25) is 0 Å². The minimum Gasteiger partial charge on any atom is -0.488 e. The summed E-state index contributed by atoms with van der Waals surface area (Å²) in [7, 11) is 0. The van der Waals surface area contributed by atoms with Gasteiger partial charge in [-0.2, -0.15) is 0 Å². The van der Waals surface area contributed by atoms with Crippen LogP contribution >= 0.6 is 0 Å². The van der Waals surface area contributed by atoms with Crippen molar-refractivity contribution in [3.8, 4) is 5.75 Å². The Hall–Kier alpha value is -2.44. The molecule has 2 aromatic rings. The largest absolute Gasteiger partial charge is 0.488 e. The van der Waals surface area contributed by atoms with Crippen LogP contribution in [-0.4, -0.2) is 58.3 Å². The molecule has 2 fully saturated rings. The molecular weight excluding hydrogens is 354 g/mol. The molecule has 1 amide bonds. The van der Waals surface area contributed by atoms with Crippen molar-refractivity contribution in [2.45, 2.75) is 50.5 Å². The van der Waals surface area contributed by atoms with E-state index < -0.39 is 6.10 Å². The Kier molecular flexibility index (Phi) is 5.59. The molecule has 0 spiro atoms. The highest BCUT2D eigenvalue weighted by Gasteiger charge is 2.47. The fourth-order valence-corrected chi connectivity index (χ4v) is 4.36. The number of benzene rings is 1. The van der Waals surface area contributed by atoms with Crippen molar-refractivity contribution in [2.24, 2.45) is 0 Å². The molecule has 148 valence electrons. The Bertz CT molecular complexity index is 808. The number of rotatable bonds is 5. The van der Waals surface area contributed by atoms with E-state index in [9.17, 15) is 9.90 Å². The molecule has 0 radical (unpaired) electrons. The number of hydrogen-bond acceptors (Lipinski definition) is 5. The number of nitrogens with zero attached hydrogens (tertiary/aromatic N) is 2. The van der Waals surface area contributed by atoms with Crippen LogP contribution in [0.25, 0.3) is 0 Å². The molecule has 6 heteroatoms. The zero-order chi connectivity index (χ0) is 19.5. The van der Waals surface area contributed by atoms with Crippen LogP contribution in [0.3, 0.4) is 0 Å². The third-order valence-electron chi connectivity index (χ3n) is 5.68. The van der Waals surface area contributed by atoms with Crippen LogP contribution in [0, 0.1) is 6.92 Å². The number of aromatic nitrogens is 1. The average molecular weight is 381 g/mol. The molecule has 1 saturated carbocycles. The van der Waals surface area contributed by atoms with Gasteiger partial charge in [0.1, 0.15) is 18.0 Å². The highest BCUT2D eigenvalue weighted by Crippen LogP contribution is 2.31. The maximum absolute atomic E-state index is 12.8. The molecule has 0 bridgehead atoms. The Morgan fingerprint density at radius 2 is 1.96 bits per heavy atom. The molecule has 28 heavy (non-hydrogen) atoms. The zero-order valence-corrected chi connectivity index (χ0v) is 16.1. The summed E-state index contributed by atoms with van der Waals surface area (Å²) in [5.41, 5.74) is 1.49. The van der Waals surface area contributed by atoms with E-state index in [1.165, 1.54) is 0 Å². The Morgan fingerprint density at radius 3 is 2.68 bits per heavy atom.